The molecule has 3 aromatic carbocycles. The van der Waals surface area contributed by atoms with Gasteiger partial charge in [-0.05, 0) is 71.3 Å². The monoisotopic (exact) mass is 678 g/mol. The number of hydrogen-bond donors (Lipinski definition) is 8. The number of rotatable bonds is 10. The minimum atomic E-state index is -2.49. The Labute approximate surface area is 277 Å². The summed E-state index contributed by atoms with van der Waals surface area (Å²) in [6.07, 6.45) is -0.646. The summed E-state index contributed by atoms with van der Waals surface area (Å²) >= 11 is 0. The van der Waals surface area contributed by atoms with Gasteiger partial charge in [-0.25, -0.2) is 19.2 Å². The maximum Gasteiger partial charge on any atom is 0.348 e. The lowest BCUT2D eigenvalue weighted by atomic mass is 9.79. The number of hydrogen-bond acceptors (Lipinski definition) is 14. The average Bonchev–Trinajstić information content (AvgIpc) is 3.04. The van der Waals surface area contributed by atoms with Gasteiger partial charge in [-0.15, -0.1) is 0 Å². The van der Waals surface area contributed by atoms with Crippen molar-refractivity contribution < 1.29 is 74.2 Å². The molecule has 4 unspecified atom stereocenters. The molecule has 0 saturated heterocycles. The number of aliphatic hydroxyl groups is 1. The molecule has 0 aliphatic heterocycles. The van der Waals surface area contributed by atoms with E-state index in [2.05, 4.69) is 0 Å². The zero-order valence-electron chi connectivity index (χ0n) is 25.2. The first-order valence-electron chi connectivity index (χ1n) is 14.3. The Kier molecular flexibility index (Phi) is 10.8. The van der Waals surface area contributed by atoms with Gasteiger partial charge in [0.1, 0.15) is 6.10 Å². The molecule has 1 saturated carbocycles. The van der Waals surface area contributed by atoms with Gasteiger partial charge >= 0.3 is 23.9 Å². The van der Waals surface area contributed by atoms with Crippen LogP contribution in [0.1, 0.15) is 29.5 Å². The molecule has 0 amide bonds. The van der Waals surface area contributed by atoms with Crippen LogP contribution in [0.2, 0.25) is 0 Å². The minimum Gasteiger partial charge on any atom is -0.504 e. The van der Waals surface area contributed by atoms with E-state index in [-0.39, 0.29) is 16.7 Å². The lowest BCUT2D eigenvalue weighted by molar-refractivity contribution is -0.213. The van der Waals surface area contributed by atoms with Crippen molar-refractivity contribution in [3.63, 3.8) is 0 Å². The van der Waals surface area contributed by atoms with Gasteiger partial charge in [-0.1, -0.05) is 18.2 Å². The lowest BCUT2D eigenvalue weighted by Crippen LogP contribution is -2.59. The Bertz CT molecular complexity index is 1840. The SMILES string of the molecule is O=C(/C=C/c1ccc(O)c(O)c1)OC1CC(OC(=O)/C=C/c2ccc(O)c(O)c2)(C(=O)O)CC(O)C1OC(=O)/C=C/c1ccc(O)c(O)c1. The van der Waals surface area contributed by atoms with Crippen LogP contribution in [0.25, 0.3) is 18.2 Å². The molecule has 4 atom stereocenters. The fourth-order valence-electron chi connectivity index (χ4n) is 4.80. The van der Waals surface area contributed by atoms with Crippen molar-refractivity contribution in [2.45, 2.75) is 36.8 Å². The second kappa shape index (κ2) is 15.0. The third-order valence-corrected chi connectivity index (χ3v) is 7.25. The van der Waals surface area contributed by atoms with Crippen molar-refractivity contribution in [3.05, 3.63) is 89.5 Å². The van der Waals surface area contributed by atoms with Gasteiger partial charge in [-0.2, -0.15) is 0 Å². The molecule has 256 valence electrons. The summed E-state index contributed by atoms with van der Waals surface area (Å²) in [6.45, 7) is 0. The maximum atomic E-state index is 12.9. The van der Waals surface area contributed by atoms with E-state index in [1.54, 1.807) is 0 Å². The summed E-state index contributed by atoms with van der Waals surface area (Å²) in [7, 11) is 0. The molecular weight excluding hydrogens is 648 g/mol. The molecule has 4 rings (SSSR count). The zero-order valence-corrected chi connectivity index (χ0v) is 25.2. The van der Waals surface area contributed by atoms with Crippen LogP contribution >= 0.6 is 0 Å². The number of aromatic hydroxyl groups is 6. The number of phenols is 6. The Hall–Kier alpha value is -6.48. The van der Waals surface area contributed by atoms with Gasteiger partial charge in [0.15, 0.2) is 40.6 Å². The molecule has 8 N–H and O–H groups in total. The smallest absolute Gasteiger partial charge is 0.348 e. The highest BCUT2D eigenvalue weighted by Gasteiger charge is 2.56. The number of carbonyl (C=O) groups is 4. The van der Waals surface area contributed by atoms with Gasteiger partial charge in [0.05, 0.1) is 6.10 Å². The minimum absolute atomic E-state index is 0.239. The quantitative estimate of drug-likeness (QED) is 0.0664. The number of carbonyl (C=O) groups excluding carboxylic acids is 3. The first kappa shape index (κ1) is 35.4. The Morgan fingerprint density at radius 1 is 0.592 bits per heavy atom. The number of benzene rings is 3. The van der Waals surface area contributed by atoms with E-state index >= 15 is 0 Å². The van der Waals surface area contributed by atoms with Crippen LogP contribution in [0.4, 0.5) is 0 Å². The summed E-state index contributed by atoms with van der Waals surface area (Å²) in [6, 6.07) is 11.0. The number of ether oxygens (including phenoxy) is 3. The third kappa shape index (κ3) is 9.08. The van der Waals surface area contributed by atoms with Crippen LogP contribution < -0.4 is 0 Å². The van der Waals surface area contributed by atoms with Crippen LogP contribution in [0.5, 0.6) is 34.5 Å². The van der Waals surface area contributed by atoms with E-state index in [9.17, 15) is 60.0 Å². The molecule has 15 heteroatoms. The Balaban J connectivity index is 1.58. The van der Waals surface area contributed by atoms with Gasteiger partial charge < -0.3 is 55.1 Å². The normalized spacial score (nSPS) is 20.7. The van der Waals surface area contributed by atoms with Gasteiger partial charge in [0, 0.05) is 31.1 Å². The number of carboxylic acids is 1. The third-order valence-electron chi connectivity index (χ3n) is 7.25. The van der Waals surface area contributed by atoms with E-state index in [0.717, 1.165) is 54.6 Å². The van der Waals surface area contributed by atoms with Crippen molar-refractivity contribution in [3.8, 4) is 34.5 Å². The van der Waals surface area contributed by atoms with E-state index in [1.807, 2.05) is 0 Å². The summed E-state index contributed by atoms with van der Waals surface area (Å²) in [5, 5.41) is 78.7. The predicted octanol–water partition coefficient (Wildman–Crippen LogP) is 2.71. The molecule has 0 bridgehead atoms. The summed E-state index contributed by atoms with van der Waals surface area (Å²) < 4.78 is 16.0. The Morgan fingerprint density at radius 3 is 1.41 bits per heavy atom. The molecule has 0 aromatic heterocycles. The number of aliphatic carboxylic acids is 1. The van der Waals surface area contributed by atoms with Gasteiger partial charge in [-0.3, -0.25) is 0 Å². The molecule has 15 nitrogen and oxygen atoms in total. The molecule has 1 fully saturated rings. The van der Waals surface area contributed by atoms with Crippen molar-refractivity contribution in [2.24, 2.45) is 0 Å². The largest absolute Gasteiger partial charge is 0.504 e. The number of phenolic OH excluding ortho intramolecular Hbond substituents is 6. The molecular formula is C34H30O15. The molecule has 49 heavy (non-hydrogen) atoms. The van der Waals surface area contributed by atoms with Crippen LogP contribution in [0.15, 0.2) is 72.8 Å². The number of carboxylic acid groups (broad SMARTS) is 1. The Morgan fingerprint density at radius 2 is 1.00 bits per heavy atom. The fourth-order valence-corrected chi connectivity index (χ4v) is 4.80. The number of esters is 3. The number of aliphatic hydroxyl groups excluding tert-OH is 1. The summed E-state index contributed by atoms with van der Waals surface area (Å²) in [5.74, 6) is -7.75. The first-order valence-corrected chi connectivity index (χ1v) is 14.3. The molecule has 0 spiro atoms. The summed E-state index contributed by atoms with van der Waals surface area (Å²) in [5.41, 5.74) is -1.72. The maximum absolute atomic E-state index is 12.9. The lowest BCUT2D eigenvalue weighted by Gasteiger charge is -2.42. The van der Waals surface area contributed by atoms with Crippen molar-refractivity contribution in [1.82, 2.24) is 0 Å². The fraction of sp³-hybridized carbons (Fsp3) is 0.176. The first-order chi connectivity index (χ1) is 23.2. The van der Waals surface area contributed by atoms with Gasteiger partial charge in [0.2, 0.25) is 5.60 Å². The zero-order chi connectivity index (χ0) is 35.9. The van der Waals surface area contributed by atoms with Crippen LogP contribution in [0.3, 0.4) is 0 Å². The average molecular weight is 679 g/mol. The second-order valence-corrected chi connectivity index (χ2v) is 10.8. The van der Waals surface area contributed by atoms with Crippen molar-refractivity contribution >= 4 is 42.1 Å². The van der Waals surface area contributed by atoms with E-state index in [0.29, 0.717) is 0 Å². The van der Waals surface area contributed by atoms with Crippen LogP contribution in [-0.2, 0) is 33.4 Å². The molecule has 0 radical (unpaired) electrons. The highest BCUT2D eigenvalue weighted by atomic mass is 16.6. The van der Waals surface area contributed by atoms with Crippen LogP contribution in [-0.4, -0.2) is 88.6 Å². The van der Waals surface area contributed by atoms with Crippen molar-refractivity contribution in [2.75, 3.05) is 0 Å². The predicted molar refractivity (Wildman–Crippen MR) is 168 cm³/mol. The summed E-state index contributed by atoms with van der Waals surface area (Å²) in [4.78, 5) is 50.9. The molecule has 1 aliphatic carbocycles. The van der Waals surface area contributed by atoms with E-state index in [4.69, 9.17) is 14.2 Å². The van der Waals surface area contributed by atoms with Crippen LogP contribution in [0, 0.1) is 0 Å². The second-order valence-electron chi connectivity index (χ2n) is 10.8. The van der Waals surface area contributed by atoms with Gasteiger partial charge in [0.25, 0.3) is 0 Å². The highest BCUT2D eigenvalue weighted by Crippen LogP contribution is 2.37. The topological polar surface area (TPSA) is 258 Å². The van der Waals surface area contributed by atoms with E-state index in [1.165, 1.54) is 36.4 Å². The molecule has 0 heterocycles. The molecule has 1 aliphatic rings. The standard InChI is InChI=1S/C34H30O15/c35-21-7-1-18(13-24(21)38)4-10-29(42)47-28-17-34(33(45)46,49-31(44)12-6-20-3-9-23(37)26(40)15-20)16-27(41)32(28)48-30(43)11-5-19-2-8-22(36)25(39)14-19/h1-15,27-28,32,35-41H,16-17H2,(H,45,46)/b10-4+,11-5+,12-6+. The van der Waals surface area contributed by atoms with E-state index < -0.39 is 95.1 Å². The molecule has 3 aromatic rings. The highest BCUT2D eigenvalue weighted by molar-refractivity contribution is 5.91. The van der Waals surface area contributed by atoms with Crippen molar-refractivity contribution in [1.29, 1.82) is 0 Å².